The van der Waals surface area contributed by atoms with Gasteiger partial charge in [-0.05, 0) is 32.0 Å². The van der Waals surface area contributed by atoms with Crippen molar-refractivity contribution in [1.82, 2.24) is 25.0 Å². The molecular weight excluding hydrogens is 316 g/mol. The third-order valence-electron chi connectivity index (χ3n) is 4.50. The van der Waals surface area contributed by atoms with Crippen molar-refractivity contribution in [3.05, 3.63) is 54.3 Å². The highest BCUT2D eigenvalue weighted by Gasteiger charge is 2.25. The SMILES string of the molecule is Nc1ccnc(CN2CCC(c3nc(-c4ccccc4)no3)CC2)n1. The number of hydrogen-bond acceptors (Lipinski definition) is 7. The molecule has 7 heteroatoms. The Hall–Kier alpha value is -2.80. The Bertz CT molecular complexity index is 826. The van der Waals surface area contributed by atoms with Gasteiger partial charge < -0.3 is 10.3 Å². The van der Waals surface area contributed by atoms with Crippen molar-refractivity contribution in [2.75, 3.05) is 18.8 Å². The zero-order valence-corrected chi connectivity index (χ0v) is 13.9. The van der Waals surface area contributed by atoms with Crippen molar-refractivity contribution >= 4 is 5.82 Å². The van der Waals surface area contributed by atoms with Gasteiger partial charge in [-0.1, -0.05) is 35.5 Å². The van der Waals surface area contributed by atoms with E-state index in [0.717, 1.165) is 49.8 Å². The summed E-state index contributed by atoms with van der Waals surface area (Å²) in [6, 6.07) is 11.6. The zero-order valence-electron chi connectivity index (χ0n) is 13.9. The predicted molar refractivity (Wildman–Crippen MR) is 93.4 cm³/mol. The van der Waals surface area contributed by atoms with E-state index >= 15 is 0 Å². The molecule has 25 heavy (non-hydrogen) atoms. The van der Waals surface area contributed by atoms with Gasteiger partial charge in [-0.3, -0.25) is 4.90 Å². The zero-order chi connectivity index (χ0) is 17.1. The van der Waals surface area contributed by atoms with Crippen LogP contribution in [0.2, 0.25) is 0 Å². The molecule has 128 valence electrons. The van der Waals surface area contributed by atoms with Crippen LogP contribution in [0, 0.1) is 0 Å². The van der Waals surface area contributed by atoms with Gasteiger partial charge in [0.25, 0.3) is 0 Å². The number of aromatic nitrogens is 4. The van der Waals surface area contributed by atoms with Gasteiger partial charge in [0, 0.05) is 17.7 Å². The van der Waals surface area contributed by atoms with Crippen LogP contribution < -0.4 is 5.73 Å². The number of piperidine rings is 1. The lowest BCUT2D eigenvalue weighted by atomic mass is 9.97. The molecule has 0 amide bonds. The van der Waals surface area contributed by atoms with Gasteiger partial charge in [-0.2, -0.15) is 4.98 Å². The summed E-state index contributed by atoms with van der Waals surface area (Å²) in [6.45, 7) is 2.62. The van der Waals surface area contributed by atoms with Crippen LogP contribution in [0.4, 0.5) is 5.82 Å². The maximum absolute atomic E-state index is 5.71. The van der Waals surface area contributed by atoms with E-state index in [1.165, 1.54) is 0 Å². The van der Waals surface area contributed by atoms with E-state index in [0.29, 0.717) is 17.6 Å². The smallest absolute Gasteiger partial charge is 0.230 e. The number of rotatable bonds is 4. The Morgan fingerprint density at radius 1 is 1.08 bits per heavy atom. The minimum atomic E-state index is 0.308. The third kappa shape index (κ3) is 3.66. The molecule has 3 heterocycles. The number of nitrogens with two attached hydrogens (primary N) is 1. The average molecular weight is 336 g/mol. The van der Waals surface area contributed by atoms with E-state index in [4.69, 9.17) is 10.3 Å². The molecule has 4 rings (SSSR count). The lowest BCUT2D eigenvalue weighted by Crippen LogP contribution is -2.33. The first kappa shape index (κ1) is 15.7. The molecule has 1 fully saturated rings. The van der Waals surface area contributed by atoms with Crippen molar-refractivity contribution in [3.63, 3.8) is 0 Å². The van der Waals surface area contributed by atoms with Crippen LogP contribution in [0.15, 0.2) is 47.1 Å². The molecule has 1 saturated heterocycles. The molecule has 7 nitrogen and oxygen atoms in total. The number of benzene rings is 1. The summed E-state index contributed by atoms with van der Waals surface area (Å²) in [4.78, 5) is 15.5. The molecule has 0 spiro atoms. The van der Waals surface area contributed by atoms with Gasteiger partial charge in [0.2, 0.25) is 11.7 Å². The van der Waals surface area contributed by atoms with E-state index in [-0.39, 0.29) is 0 Å². The fraction of sp³-hybridized carbons (Fsp3) is 0.333. The minimum Gasteiger partial charge on any atom is -0.384 e. The van der Waals surface area contributed by atoms with Gasteiger partial charge in [0.15, 0.2) is 0 Å². The summed E-state index contributed by atoms with van der Waals surface area (Å²) in [5.41, 5.74) is 6.70. The van der Waals surface area contributed by atoms with E-state index < -0.39 is 0 Å². The first-order chi connectivity index (χ1) is 12.3. The standard InChI is InChI=1S/C18H20N6O/c19-15-6-9-20-16(21-15)12-24-10-7-14(8-11-24)18-22-17(23-25-18)13-4-2-1-3-5-13/h1-6,9,14H,7-8,10-12H2,(H2,19,20,21). The molecule has 1 aliphatic heterocycles. The van der Waals surface area contributed by atoms with Gasteiger partial charge in [-0.15, -0.1) is 0 Å². The summed E-state index contributed by atoms with van der Waals surface area (Å²) in [5.74, 6) is 2.98. The Morgan fingerprint density at radius 2 is 1.88 bits per heavy atom. The fourth-order valence-corrected chi connectivity index (χ4v) is 3.13. The third-order valence-corrected chi connectivity index (χ3v) is 4.50. The van der Waals surface area contributed by atoms with Crippen LogP contribution >= 0.6 is 0 Å². The van der Waals surface area contributed by atoms with Gasteiger partial charge in [0.1, 0.15) is 11.6 Å². The molecule has 0 aliphatic carbocycles. The largest absolute Gasteiger partial charge is 0.384 e. The van der Waals surface area contributed by atoms with Crippen LogP contribution in [0.5, 0.6) is 0 Å². The monoisotopic (exact) mass is 336 g/mol. The van der Waals surface area contributed by atoms with Crippen molar-refractivity contribution in [2.45, 2.75) is 25.3 Å². The van der Waals surface area contributed by atoms with E-state index in [1.807, 2.05) is 30.3 Å². The second-order valence-electron chi connectivity index (χ2n) is 6.27. The number of nitrogen functional groups attached to an aromatic ring is 1. The number of likely N-dealkylation sites (tertiary alicyclic amines) is 1. The minimum absolute atomic E-state index is 0.308. The number of anilines is 1. The molecule has 1 aliphatic rings. The van der Waals surface area contributed by atoms with Crippen LogP contribution in [0.1, 0.15) is 30.5 Å². The summed E-state index contributed by atoms with van der Waals surface area (Å²) >= 11 is 0. The van der Waals surface area contributed by atoms with Crippen LogP contribution in [-0.4, -0.2) is 38.1 Å². The van der Waals surface area contributed by atoms with Crippen molar-refractivity contribution < 1.29 is 4.52 Å². The summed E-state index contributed by atoms with van der Waals surface area (Å²) in [5, 5.41) is 4.12. The molecule has 0 radical (unpaired) electrons. The summed E-state index contributed by atoms with van der Waals surface area (Å²) in [7, 11) is 0. The second kappa shape index (κ2) is 6.98. The molecule has 0 unspecified atom stereocenters. The lowest BCUT2D eigenvalue weighted by molar-refractivity contribution is 0.184. The number of nitrogens with zero attached hydrogens (tertiary/aromatic N) is 5. The van der Waals surface area contributed by atoms with Crippen molar-refractivity contribution in [3.8, 4) is 11.4 Å². The van der Waals surface area contributed by atoms with Gasteiger partial charge >= 0.3 is 0 Å². The van der Waals surface area contributed by atoms with E-state index in [2.05, 4.69) is 25.0 Å². The van der Waals surface area contributed by atoms with Gasteiger partial charge in [0.05, 0.1) is 6.54 Å². The molecule has 2 aromatic heterocycles. The molecule has 0 atom stereocenters. The first-order valence-electron chi connectivity index (χ1n) is 8.47. The van der Waals surface area contributed by atoms with Gasteiger partial charge in [-0.25, -0.2) is 9.97 Å². The Labute approximate surface area is 145 Å². The van der Waals surface area contributed by atoms with E-state index in [9.17, 15) is 0 Å². The molecular formula is C18H20N6O. The second-order valence-corrected chi connectivity index (χ2v) is 6.27. The highest BCUT2D eigenvalue weighted by molar-refractivity contribution is 5.53. The molecule has 0 bridgehead atoms. The molecule has 3 aromatic rings. The van der Waals surface area contributed by atoms with Crippen molar-refractivity contribution in [1.29, 1.82) is 0 Å². The summed E-state index contributed by atoms with van der Waals surface area (Å²) in [6.07, 6.45) is 3.67. The Morgan fingerprint density at radius 3 is 2.64 bits per heavy atom. The average Bonchev–Trinajstić information content (AvgIpc) is 3.13. The Balaban J connectivity index is 1.37. The maximum Gasteiger partial charge on any atom is 0.230 e. The molecule has 2 N–H and O–H groups in total. The fourth-order valence-electron chi connectivity index (χ4n) is 3.13. The van der Waals surface area contributed by atoms with Crippen LogP contribution in [0.25, 0.3) is 11.4 Å². The number of hydrogen-bond donors (Lipinski definition) is 1. The summed E-state index contributed by atoms with van der Waals surface area (Å²) < 4.78 is 5.51. The van der Waals surface area contributed by atoms with Crippen LogP contribution in [0.3, 0.4) is 0 Å². The predicted octanol–water partition coefficient (Wildman–Crippen LogP) is 2.49. The molecule has 0 saturated carbocycles. The Kier molecular flexibility index (Phi) is 4.39. The normalized spacial score (nSPS) is 16.2. The lowest BCUT2D eigenvalue weighted by Gasteiger charge is -2.29. The highest BCUT2D eigenvalue weighted by atomic mass is 16.5. The highest BCUT2D eigenvalue weighted by Crippen LogP contribution is 2.28. The quantitative estimate of drug-likeness (QED) is 0.782. The first-order valence-corrected chi connectivity index (χ1v) is 8.47. The van der Waals surface area contributed by atoms with Crippen LogP contribution in [-0.2, 0) is 6.54 Å². The maximum atomic E-state index is 5.71. The molecule has 1 aromatic carbocycles. The van der Waals surface area contributed by atoms with E-state index in [1.54, 1.807) is 12.3 Å². The van der Waals surface area contributed by atoms with Crippen molar-refractivity contribution in [2.24, 2.45) is 0 Å². The topological polar surface area (TPSA) is 94.0 Å².